The van der Waals surface area contributed by atoms with Crippen molar-refractivity contribution < 1.29 is 54.0 Å². The number of methoxy groups -OCH3 is 3. The van der Waals surface area contributed by atoms with Crippen molar-refractivity contribution >= 4 is 0 Å². The number of aryl methyl sites for hydroxylation is 1. The fourth-order valence-electron chi connectivity index (χ4n) is 4.95. The lowest BCUT2D eigenvalue weighted by Gasteiger charge is -2.40. The monoisotopic (exact) mass is 536 g/mol. The van der Waals surface area contributed by atoms with Crippen LogP contribution in [0.1, 0.15) is 35.1 Å². The van der Waals surface area contributed by atoms with E-state index in [1.807, 2.05) is 24.3 Å². The molecule has 7 atom stereocenters. The Bertz CT molecular complexity index is 1080. The van der Waals surface area contributed by atoms with Crippen LogP contribution in [0.2, 0.25) is 0 Å². The highest BCUT2D eigenvalue weighted by Crippen LogP contribution is 2.52. The molecule has 4 rings (SSSR count). The van der Waals surface area contributed by atoms with Gasteiger partial charge in [-0.1, -0.05) is 12.1 Å². The van der Waals surface area contributed by atoms with Crippen molar-refractivity contribution in [2.75, 3.05) is 41.2 Å². The van der Waals surface area contributed by atoms with Crippen LogP contribution in [0, 0.1) is 0 Å². The molecular formula is C27H36O11. The third-order valence-corrected chi connectivity index (χ3v) is 7.02. The third kappa shape index (κ3) is 5.55. The molecule has 0 radical (unpaired) electrons. The van der Waals surface area contributed by atoms with E-state index < -0.39 is 49.3 Å². The summed E-state index contributed by atoms with van der Waals surface area (Å²) >= 11 is 0. The average molecular weight is 537 g/mol. The number of hydrogen-bond acceptors (Lipinski definition) is 11. The van der Waals surface area contributed by atoms with Crippen molar-refractivity contribution in [3.8, 4) is 23.0 Å². The fraction of sp³-hybridized carbons (Fsp3) is 0.556. The van der Waals surface area contributed by atoms with Crippen molar-refractivity contribution in [2.45, 2.75) is 55.6 Å². The molecule has 0 amide bonds. The van der Waals surface area contributed by atoms with Gasteiger partial charge in [0.05, 0.1) is 40.5 Å². The van der Waals surface area contributed by atoms with Crippen LogP contribution < -0.4 is 18.9 Å². The van der Waals surface area contributed by atoms with Gasteiger partial charge < -0.3 is 54.0 Å². The number of fused-ring (bicyclic) bond motifs is 1. The van der Waals surface area contributed by atoms with E-state index in [-0.39, 0.29) is 13.2 Å². The van der Waals surface area contributed by atoms with Gasteiger partial charge in [0, 0.05) is 12.2 Å². The maximum atomic E-state index is 10.5. The van der Waals surface area contributed by atoms with Crippen LogP contribution in [0.15, 0.2) is 30.3 Å². The van der Waals surface area contributed by atoms with Crippen molar-refractivity contribution in [1.29, 1.82) is 0 Å². The molecule has 2 aliphatic rings. The number of benzene rings is 2. The summed E-state index contributed by atoms with van der Waals surface area (Å²) in [4.78, 5) is 0. The number of aliphatic hydroxyl groups excluding tert-OH is 5. The lowest BCUT2D eigenvalue weighted by molar-refractivity contribution is -0.302. The van der Waals surface area contributed by atoms with E-state index in [1.54, 1.807) is 27.4 Å². The SMILES string of the molecule is COc1ccc([C@@H]2Oc3c(OC)cc(CCCO)cc3[C@H]2CO[C@@H]2O[C@@H](CO)[C@@H](O)[C@@H](O)[C@H]2O)cc1OC. The molecular weight excluding hydrogens is 500 g/mol. The Labute approximate surface area is 221 Å². The van der Waals surface area contributed by atoms with Crippen LogP contribution in [0.4, 0.5) is 0 Å². The van der Waals surface area contributed by atoms with Crippen molar-refractivity contribution in [2.24, 2.45) is 0 Å². The minimum atomic E-state index is -1.55. The lowest BCUT2D eigenvalue weighted by atomic mass is 9.90. The maximum absolute atomic E-state index is 10.5. The van der Waals surface area contributed by atoms with E-state index in [1.165, 1.54) is 0 Å². The molecule has 0 unspecified atom stereocenters. The Kier molecular flexibility index (Phi) is 9.32. The summed E-state index contributed by atoms with van der Waals surface area (Å²) in [5.41, 5.74) is 2.53. The summed E-state index contributed by atoms with van der Waals surface area (Å²) in [6.45, 7) is -0.505. The standard InChI is InChI=1S/C27H36O11/c1-33-18-7-6-15(11-19(18)34-2)25-17(13-36-27-24(32)23(31)22(30)21(12-29)37-27)16-9-14(5-4-8-28)10-20(35-3)26(16)38-25/h6-7,9-11,17,21-25,27-32H,4-5,8,12-13H2,1-3H3/t17-,21+,22-,23-,24-,25+,27-/m1/s1. The zero-order valence-electron chi connectivity index (χ0n) is 21.6. The summed E-state index contributed by atoms with van der Waals surface area (Å²) in [6.07, 6.45) is -6.28. The maximum Gasteiger partial charge on any atom is 0.186 e. The second kappa shape index (κ2) is 12.5. The molecule has 0 saturated carbocycles. The van der Waals surface area contributed by atoms with Crippen LogP contribution in [0.5, 0.6) is 23.0 Å². The first kappa shape index (κ1) is 28.4. The fourth-order valence-corrected chi connectivity index (χ4v) is 4.95. The summed E-state index contributed by atoms with van der Waals surface area (Å²) in [7, 11) is 4.65. The molecule has 0 spiro atoms. The first-order valence-corrected chi connectivity index (χ1v) is 12.5. The molecule has 2 aliphatic heterocycles. The van der Waals surface area contributed by atoms with E-state index in [4.69, 9.17) is 28.4 Å². The quantitative estimate of drug-likeness (QED) is 0.275. The first-order chi connectivity index (χ1) is 18.4. The molecule has 1 saturated heterocycles. The summed E-state index contributed by atoms with van der Waals surface area (Å²) in [5, 5.41) is 49.6. The molecule has 11 heteroatoms. The molecule has 2 aromatic carbocycles. The van der Waals surface area contributed by atoms with Gasteiger partial charge in [0.2, 0.25) is 0 Å². The van der Waals surface area contributed by atoms with Crippen LogP contribution in [-0.2, 0) is 15.9 Å². The topological polar surface area (TPSA) is 157 Å². The molecule has 210 valence electrons. The Morgan fingerprint density at radius 1 is 0.842 bits per heavy atom. The van der Waals surface area contributed by atoms with Gasteiger partial charge in [0.1, 0.15) is 30.5 Å². The zero-order valence-corrected chi connectivity index (χ0v) is 21.6. The van der Waals surface area contributed by atoms with E-state index in [9.17, 15) is 25.5 Å². The van der Waals surface area contributed by atoms with Gasteiger partial charge in [0.25, 0.3) is 0 Å². The van der Waals surface area contributed by atoms with Gasteiger partial charge >= 0.3 is 0 Å². The predicted molar refractivity (Wildman–Crippen MR) is 134 cm³/mol. The molecule has 0 aliphatic carbocycles. The molecule has 1 fully saturated rings. The molecule has 11 nitrogen and oxygen atoms in total. The largest absolute Gasteiger partial charge is 0.493 e. The normalized spacial score (nSPS) is 28.5. The molecule has 2 heterocycles. The van der Waals surface area contributed by atoms with Gasteiger partial charge in [-0.25, -0.2) is 0 Å². The highest BCUT2D eigenvalue weighted by Gasteiger charge is 2.45. The number of hydrogen-bond donors (Lipinski definition) is 5. The van der Waals surface area contributed by atoms with Gasteiger partial charge in [-0.3, -0.25) is 0 Å². The zero-order chi connectivity index (χ0) is 27.4. The number of ether oxygens (including phenoxy) is 6. The van der Waals surface area contributed by atoms with Crippen LogP contribution >= 0.6 is 0 Å². The van der Waals surface area contributed by atoms with Crippen molar-refractivity contribution in [1.82, 2.24) is 0 Å². The summed E-state index contributed by atoms with van der Waals surface area (Å²) < 4.78 is 34.4. The second-order valence-electron chi connectivity index (χ2n) is 9.33. The number of rotatable bonds is 11. The summed E-state index contributed by atoms with van der Waals surface area (Å²) in [6, 6.07) is 9.31. The van der Waals surface area contributed by atoms with Crippen LogP contribution in [0.3, 0.4) is 0 Å². The van der Waals surface area contributed by atoms with Gasteiger partial charge in [-0.15, -0.1) is 0 Å². The van der Waals surface area contributed by atoms with Crippen molar-refractivity contribution in [3.05, 3.63) is 47.0 Å². The van der Waals surface area contributed by atoms with Crippen LogP contribution in [-0.4, -0.2) is 97.4 Å². The minimum Gasteiger partial charge on any atom is -0.493 e. The Morgan fingerprint density at radius 2 is 1.58 bits per heavy atom. The Morgan fingerprint density at radius 3 is 2.24 bits per heavy atom. The van der Waals surface area contributed by atoms with E-state index >= 15 is 0 Å². The van der Waals surface area contributed by atoms with E-state index in [0.717, 1.165) is 16.7 Å². The van der Waals surface area contributed by atoms with E-state index in [0.29, 0.717) is 35.8 Å². The highest BCUT2D eigenvalue weighted by molar-refractivity contribution is 5.56. The predicted octanol–water partition coefficient (Wildman–Crippen LogP) is 0.671. The van der Waals surface area contributed by atoms with Crippen LogP contribution in [0.25, 0.3) is 0 Å². The van der Waals surface area contributed by atoms with Gasteiger partial charge in [0.15, 0.2) is 29.3 Å². The Hall–Kier alpha value is -2.64. The van der Waals surface area contributed by atoms with Gasteiger partial charge in [-0.05, 0) is 42.2 Å². The molecule has 38 heavy (non-hydrogen) atoms. The molecule has 2 aromatic rings. The summed E-state index contributed by atoms with van der Waals surface area (Å²) in [5.74, 6) is 1.76. The Balaban J connectivity index is 1.69. The lowest BCUT2D eigenvalue weighted by Crippen LogP contribution is -2.59. The first-order valence-electron chi connectivity index (χ1n) is 12.5. The molecule has 0 aromatic heterocycles. The second-order valence-corrected chi connectivity index (χ2v) is 9.33. The molecule has 0 bridgehead atoms. The smallest absolute Gasteiger partial charge is 0.186 e. The average Bonchev–Trinajstić information content (AvgIpc) is 3.31. The minimum absolute atomic E-state index is 0.00130. The third-order valence-electron chi connectivity index (χ3n) is 7.02. The van der Waals surface area contributed by atoms with E-state index in [2.05, 4.69) is 0 Å². The number of aliphatic hydroxyl groups is 5. The van der Waals surface area contributed by atoms with Gasteiger partial charge in [-0.2, -0.15) is 0 Å². The highest BCUT2D eigenvalue weighted by atomic mass is 16.7. The molecule has 5 N–H and O–H groups in total. The van der Waals surface area contributed by atoms with Crippen molar-refractivity contribution in [3.63, 3.8) is 0 Å².